The maximum atomic E-state index is 13.0. The molecule has 3 fully saturated rings. The van der Waals surface area contributed by atoms with Crippen molar-refractivity contribution in [2.75, 3.05) is 6.61 Å². The number of ether oxygens (including phenoxy) is 4. The molecule has 39 heavy (non-hydrogen) atoms. The first-order valence-corrected chi connectivity index (χ1v) is 13.8. The van der Waals surface area contributed by atoms with Crippen molar-refractivity contribution >= 4 is 23.7 Å². The fourth-order valence-corrected chi connectivity index (χ4v) is 8.81. The lowest BCUT2D eigenvalue weighted by atomic mass is 9.36. The number of hydrogen-bond acceptors (Lipinski definition) is 10. The molecular weight excluding hydrogens is 508 g/mol. The molecular formula is C29H42O10. The molecule has 3 aliphatic carbocycles. The quantitative estimate of drug-likeness (QED) is 0.374. The molecule has 0 radical (unpaired) electrons. The number of fused-ring (bicyclic) bond motifs is 4. The van der Waals surface area contributed by atoms with Gasteiger partial charge in [-0.2, -0.15) is 0 Å². The molecule has 218 valence electrons. The lowest BCUT2D eigenvalue weighted by Crippen LogP contribution is -2.81. The van der Waals surface area contributed by atoms with Crippen LogP contribution in [0.1, 0.15) is 81.1 Å². The molecule has 1 aliphatic heterocycles. The van der Waals surface area contributed by atoms with Crippen molar-refractivity contribution in [2.24, 2.45) is 28.6 Å². The van der Waals surface area contributed by atoms with Gasteiger partial charge in [0.15, 0.2) is 0 Å². The molecule has 0 unspecified atom stereocenters. The van der Waals surface area contributed by atoms with Gasteiger partial charge < -0.3 is 34.0 Å². The molecule has 0 amide bonds. The van der Waals surface area contributed by atoms with Crippen LogP contribution in [0.2, 0.25) is 0 Å². The molecule has 3 saturated carbocycles. The van der Waals surface area contributed by atoms with E-state index < -0.39 is 75.7 Å². The molecule has 9 atom stereocenters. The molecule has 0 aromatic rings. The topological polar surface area (TPSA) is 146 Å². The van der Waals surface area contributed by atoms with Crippen LogP contribution in [0.5, 0.6) is 0 Å². The van der Waals surface area contributed by atoms with Gasteiger partial charge in [0.25, 0.3) is 0 Å². The highest BCUT2D eigenvalue weighted by Crippen LogP contribution is 2.71. The van der Waals surface area contributed by atoms with E-state index in [1.807, 2.05) is 13.8 Å². The first kappa shape index (κ1) is 29.7. The molecule has 0 saturated heterocycles. The summed E-state index contributed by atoms with van der Waals surface area (Å²) < 4.78 is 23.6. The van der Waals surface area contributed by atoms with Gasteiger partial charge >= 0.3 is 17.9 Å². The second-order valence-corrected chi connectivity index (χ2v) is 12.8. The highest BCUT2D eigenvalue weighted by atomic mass is 16.7. The molecule has 4 aliphatic rings. The van der Waals surface area contributed by atoms with Crippen LogP contribution in [0.15, 0.2) is 11.6 Å². The molecule has 0 aromatic carbocycles. The zero-order valence-corrected chi connectivity index (χ0v) is 24.2. The van der Waals surface area contributed by atoms with Crippen LogP contribution >= 0.6 is 0 Å². The van der Waals surface area contributed by atoms with E-state index in [2.05, 4.69) is 0 Å². The second kappa shape index (κ2) is 9.38. The van der Waals surface area contributed by atoms with Gasteiger partial charge in [0.05, 0.1) is 5.60 Å². The van der Waals surface area contributed by atoms with E-state index in [4.69, 9.17) is 18.9 Å². The fourth-order valence-electron chi connectivity index (χ4n) is 8.81. The predicted octanol–water partition coefficient (Wildman–Crippen LogP) is 2.62. The SMILES string of the molecule is CCO[C@@]12C[C@@H]3[C@H]([C@@H](CC(C)=O)[C@H](OC(C)=O)[C@@]4(O)C(C)(C)CC[C@H](OC(C)=O)[C@]34C)[C@](C)(O)C1=CC(=O)O2. The average molecular weight is 551 g/mol. The fraction of sp³-hybridized carbons (Fsp3) is 0.793. The van der Waals surface area contributed by atoms with Crippen molar-refractivity contribution in [3.05, 3.63) is 11.6 Å². The van der Waals surface area contributed by atoms with E-state index in [-0.39, 0.29) is 30.8 Å². The first-order chi connectivity index (χ1) is 17.9. The van der Waals surface area contributed by atoms with Crippen molar-refractivity contribution in [2.45, 2.75) is 110 Å². The van der Waals surface area contributed by atoms with Crippen molar-refractivity contribution in [1.82, 2.24) is 0 Å². The van der Waals surface area contributed by atoms with Crippen molar-refractivity contribution in [3.8, 4) is 0 Å². The van der Waals surface area contributed by atoms with Crippen molar-refractivity contribution in [3.63, 3.8) is 0 Å². The smallest absolute Gasteiger partial charge is 0.333 e. The number of rotatable bonds is 6. The molecule has 10 nitrogen and oxygen atoms in total. The second-order valence-electron chi connectivity index (χ2n) is 12.8. The van der Waals surface area contributed by atoms with E-state index in [1.54, 1.807) is 20.8 Å². The standard InChI is InChI=1S/C29H42O10/c1-9-36-28-14-19-23(27(8,34)20(28)13-22(33)39-28)18(12-15(2)30)24(38-17(4)32)29(35)25(5,6)11-10-21(26(19,29)7)37-16(3)31/h13,18-19,21,23-24,34-35H,9-12,14H2,1-8H3/t18-,19-,21+,23+,24+,26+,27-,28-,29-/m1/s1. The molecule has 2 N–H and O–H groups in total. The largest absolute Gasteiger partial charge is 0.462 e. The zero-order valence-electron chi connectivity index (χ0n) is 24.2. The Balaban J connectivity index is 2.08. The molecule has 4 rings (SSSR count). The van der Waals surface area contributed by atoms with Gasteiger partial charge in [-0.25, -0.2) is 4.79 Å². The average Bonchev–Trinajstić information content (AvgIpc) is 3.12. The summed E-state index contributed by atoms with van der Waals surface area (Å²) >= 11 is 0. The summed E-state index contributed by atoms with van der Waals surface area (Å²) in [5, 5.41) is 25.4. The van der Waals surface area contributed by atoms with Crippen LogP contribution in [0, 0.1) is 28.6 Å². The van der Waals surface area contributed by atoms with Gasteiger partial charge in [0.2, 0.25) is 5.79 Å². The van der Waals surface area contributed by atoms with Gasteiger partial charge in [0.1, 0.15) is 23.6 Å². The zero-order chi connectivity index (χ0) is 29.3. The third-order valence-electron chi connectivity index (χ3n) is 10.1. The normalized spacial score (nSPS) is 44.2. The Morgan fingerprint density at radius 1 is 1.05 bits per heavy atom. The molecule has 10 heteroatoms. The van der Waals surface area contributed by atoms with E-state index in [9.17, 15) is 29.4 Å². The summed E-state index contributed by atoms with van der Waals surface area (Å²) in [6.07, 6.45) is -0.0116. The summed E-state index contributed by atoms with van der Waals surface area (Å²) in [6.45, 7) is 12.9. The van der Waals surface area contributed by atoms with E-state index in [0.29, 0.717) is 12.8 Å². The highest BCUT2D eigenvalue weighted by molar-refractivity contribution is 5.87. The summed E-state index contributed by atoms with van der Waals surface area (Å²) in [5.41, 5.74) is -5.53. The third-order valence-corrected chi connectivity index (χ3v) is 10.1. The Morgan fingerprint density at radius 2 is 1.67 bits per heavy atom. The van der Waals surface area contributed by atoms with Crippen molar-refractivity contribution < 1.29 is 48.3 Å². The number of carbonyl (C=O) groups excluding carboxylic acids is 4. The van der Waals surface area contributed by atoms with Gasteiger partial charge in [-0.3, -0.25) is 9.59 Å². The number of esters is 3. The Hall–Kier alpha value is -2.30. The minimum atomic E-state index is -1.81. The predicted molar refractivity (Wildman–Crippen MR) is 137 cm³/mol. The van der Waals surface area contributed by atoms with E-state index in [0.717, 1.165) is 0 Å². The number of Topliss-reactive ketones (excluding diaryl/α,β-unsaturated/α-hetero) is 1. The number of ketones is 1. The maximum absolute atomic E-state index is 13.0. The van der Waals surface area contributed by atoms with Crippen LogP contribution in [-0.2, 0) is 38.1 Å². The van der Waals surface area contributed by atoms with E-state index in [1.165, 1.54) is 26.8 Å². The summed E-state index contributed by atoms with van der Waals surface area (Å²) in [7, 11) is 0. The molecule has 0 spiro atoms. The maximum Gasteiger partial charge on any atom is 0.333 e. The summed E-state index contributed by atoms with van der Waals surface area (Å²) in [5.74, 6) is -5.97. The number of carbonyl (C=O) groups is 4. The number of hydrogen-bond donors (Lipinski definition) is 2. The van der Waals surface area contributed by atoms with Crippen LogP contribution in [-0.4, -0.2) is 69.7 Å². The molecule has 0 bridgehead atoms. The molecule has 1 heterocycles. The Kier molecular flexibility index (Phi) is 7.14. The van der Waals surface area contributed by atoms with E-state index >= 15 is 0 Å². The Morgan fingerprint density at radius 3 is 2.21 bits per heavy atom. The van der Waals surface area contributed by atoms with Gasteiger partial charge in [0, 0.05) is 62.2 Å². The Bertz CT molecular complexity index is 1110. The Labute approximate surface area is 229 Å². The monoisotopic (exact) mass is 550 g/mol. The first-order valence-electron chi connectivity index (χ1n) is 13.8. The minimum Gasteiger partial charge on any atom is -0.462 e. The lowest BCUT2D eigenvalue weighted by molar-refractivity contribution is -0.356. The van der Waals surface area contributed by atoms with Gasteiger partial charge in [-0.1, -0.05) is 20.8 Å². The van der Waals surface area contributed by atoms with Crippen LogP contribution in [0.3, 0.4) is 0 Å². The van der Waals surface area contributed by atoms with Crippen LogP contribution in [0.25, 0.3) is 0 Å². The summed E-state index contributed by atoms with van der Waals surface area (Å²) in [6, 6.07) is 0. The van der Waals surface area contributed by atoms with Crippen molar-refractivity contribution in [1.29, 1.82) is 0 Å². The van der Waals surface area contributed by atoms with Gasteiger partial charge in [-0.05, 0) is 44.9 Å². The minimum absolute atomic E-state index is 0.0487. The highest BCUT2D eigenvalue weighted by Gasteiger charge is 2.80. The lowest BCUT2D eigenvalue weighted by Gasteiger charge is -2.72. The molecule has 0 aromatic heterocycles. The van der Waals surface area contributed by atoms with Crippen LogP contribution < -0.4 is 0 Å². The van der Waals surface area contributed by atoms with Gasteiger partial charge in [-0.15, -0.1) is 0 Å². The summed E-state index contributed by atoms with van der Waals surface area (Å²) in [4.78, 5) is 50.3. The number of aliphatic hydroxyl groups is 2. The third kappa shape index (κ3) is 4.08. The van der Waals surface area contributed by atoms with Crippen LogP contribution in [0.4, 0.5) is 0 Å².